The highest BCUT2D eigenvalue weighted by Gasteiger charge is 2.26. The van der Waals surface area contributed by atoms with E-state index in [0.717, 1.165) is 36.0 Å². The van der Waals surface area contributed by atoms with E-state index in [1.807, 2.05) is 6.92 Å². The van der Waals surface area contributed by atoms with Gasteiger partial charge in [0.25, 0.3) is 0 Å². The maximum atomic E-state index is 6.14. The molecule has 1 fully saturated rings. The molecule has 2 aromatic heterocycles. The van der Waals surface area contributed by atoms with Gasteiger partial charge < -0.3 is 10.6 Å². The molecule has 108 valence electrons. The molecule has 5 heteroatoms. The summed E-state index contributed by atoms with van der Waals surface area (Å²) in [5.74, 6) is 2.47. The zero-order valence-corrected chi connectivity index (χ0v) is 13.4. The number of aryl methyl sites for hydroxylation is 3. The summed E-state index contributed by atoms with van der Waals surface area (Å²) in [6, 6.07) is 0.315. The summed E-state index contributed by atoms with van der Waals surface area (Å²) >= 11 is 1.77. The van der Waals surface area contributed by atoms with Crippen molar-refractivity contribution >= 4 is 27.4 Å². The highest BCUT2D eigenvalue weighted by atomic mass is 32.1. The molecule has 0 aliphatic carbocycles. The van der Waals surface area contributed by atoms with Gasteiger partial charge in [0.15, 0.2) is 0 Å². The van der Waals surface area contributed by atoms with Gasteiger partial charge in [-0.1, -0.05) is 6.92 Å². The first-order chi connectivity index (χ1) is 9.47. The standard InChI is InChI=1S/C15H22N4S/c1-8-7-19(6-5-12(8)16)14-13-9(2)10(3)20-15(13)18-11(4)17-14/h8,12H,5-7,16H2,1-4H3. The first kappa shape index (κ1) is 13.8. The van der Waals surface area contributed by atoms with Crippen LogP contribution in [0.5, 0.6) is 0 Å². The normalized spacial score (nSPS) is 23.6. The molecular weight excluding hydrogens is 268 g/mol. The van der Waals surface area contributed by atoms with Gasteiger partial charge in [0.1, 0.15) is 16.5 Å². The van der Waals surface area contributed by atoms with Crippen molar-refractivity contribution in [2.45, 2.75) is 40.2 Å². The minimum Gasteiger partial charge on any atom is -0.356 e. The number of hydrogen-bond donors (Lipinski definition) is 1. The summed E-state index contributed by atoms with van der Waals surface area (Å²) < 4.78 is 0. The minimum absolute atomic E-state index is 0.315. The summed E-state index contributed by atoms with van der Waals surface area (Å²) in [5.41, 5.74) is 7.46. The Morgan fingerprint density at radius 3 is 2.70 bits per heavy atom. The van der Waals surface area contributed by atoms with Crippen molar-refractivity contribution in [3.63, 3.8) is 0 Å². The van der Waals surface area contributed by atoms with Gasteiger partial charge in [0.2, 0.25) is 0 Å². The largest absolute Gasteiger partial charge is 0.356 e. The third-order valence-electron chi connectivity index (χ3n) is 4.39. The molecule has 3 heterocycles. The smallest absolute Gasteiger partial charge is 0.141 e. The molecule has 0 saturated carbocycles. The quantitative estimate of drug-likeness (QED) is 0.877. The molecule has 1 aliphatic rings. The van der Waals surface area contributed by atoms with Crippen LogP contribution < -0.4 is 10.6 Å². The summed E-state index contributed by atoms with van der Waals surface area (Å²) in [6.07, 6.45) is 1.04. The maximum Gasteiger partial charge on any atom is 0.141 e. The SMILES string of the molecule is Cc1nc(N2CCC(N)C(C)C2)c2c(C)c(C)sc2n1. The summed E-state index contributed by atoms with van der Waals surface area (Å²) in [5, 5.41) is 1.24. The van der Waals surface area contributed by atoms with E-state index >= 15 is 0 Å². The fourth-order valence-electron chi connectivity index (χ4n) is 2.92. The van der Waals surface area contributed by atoms with Crippen LogP contribution in [0.15, 0.2) is 0 Å². The second-order valence-electron chi connectivity index (χ2n) is 5.93. The Morgan fingerprint density at radius 2 is 2.00 bits per heavy atom. The number of nitrogens with zero attached hydrogens (tertiary/aromatic N) is 3. The van der Waals surface area contributed by atoms with Crippen LogP contribution in [0.2, 0.25) is 0 Å². The number of anilines is 1. The van der Waals surface area contributed by atoms with Crippen molar-refractivity contribution in [2.75, 3.05) is 18.0 Å². The van der Waals surface area contributed by atoms with Crippen LogP contribution in [0.25, 0.3) is 10.2 Å². The van der Waals surface area contributed by atoms with E-state index in [-0.39, 0.29) is 0 Å². The van der Waals surface area contributed by atoms with Crippen molar-refractivity contribution in [3.8, 4) is 0 Å². The van der Waals surface area contributed by atoms with Crippen LogP contribution >= 0.6 is 11.3 Å². The Kier molecular flexibility index (Phi) is 3.42. The molecule has 0 amide bonds. The Morgan fingerprint density at radius 1 is 1.25 bits per heavy atom. The van der Waals surface area contributed by atoms with Crippen molar-refractivity contribution in [1.29, 1.82) is 0 Å². The Labute approximate surface area is 124 Å². The molecule has 0 aromatic carbocycles. The highest BCUT2D eigenvalue weighted by molar-refractivity contribution is 7.18. The Hall–Kier alpha value is -1.20. The van der Waals surface area contributed by atoms with E-state index < -0.39 is 0 Å². The van der Waals surface area contributed by atoms with Crippen LogP contribution in [0.1, 0.15) is 29.6 Å². The van der Waals surface area contributed by atoms with Crippen LogP contribution in [-0.4, -0.2) is 29.1 Å². The average Bonchev–Trinajstić information content (AvgIpc) is 2.67. The molecule has 1 saturated heterocycles. The molecular formula is C15H22N4S. The van der Waals surface area contributed by atoms with Crippen molar-refractivity contribution in [1.82, 2.24) is 9.97 Å². The molecule has 2 unspecified atom stereocenters. The lowest BCUT2D eigenvalue weighted by atomic mass is 9.94. The predicted molar refractivity (Wildman–Crippen MR) is 85.6 cm³/mol. The van der Waals surface area contributed by atoms with E-state index in [9.17, 15) is 0 Å². The number of fused-ring (bicyclic) bond motifs is 1. The summed E-state index contributed by atoms with van der Waals surface area (Å²) in [4.78, 5) is 14.2. The second-order valence-corrected chi connectivity index (χ2v) is 7.14. The van der Waals surface area contributed by atoms with Crippen LogP contribution in [0.4, 0.5) is 5.82 Å². The highest BCUT2D eigenvalue weighted by Crippen LogP contribution is 2.36. The van der Waals surface area contributed by atoms with Gasteiger partial charge in [-0.2, -0.15) is 0 Å². The molecule has 0 spiro atoms. The predicted octanol–water partition coefficient (Wildman–Crippen LogP) is 2.79. The molecule has 2 aromatic rings. The number of rotatable bonds is 1. The minimum atomic E-state index is 0.315. The molecule has 4 nitrogen and oxygen atoms in total. The number of aromatic nitrogens is 2. The summed E-state index contributed by atoms with van der Waals surface area (Å²) in [7, 11) is 0. The molecule has 1 aliphatic heterocycles. The Balaban J connectivity index is 2.11. The van der Waals surface area contributed by atoms with Crippen molar-refractivity contribution < 1.29 is 0 Å². The van der Waals surface area contributed by atoms with Crippen molar-refractivity contribution in [2.24, 2.45) is 11.7 Å². The lowest BCUT2D eigenvalue weighted by Gasteiger charge is -2.36. The summed E-state index contributed by atoms with van der Waals surface area (Å²) in [6.45, 7) is 10.5. The topological polar surface area (TPSA) is 55.0 Å². The third-order valence-corrected chi connectivity index (χ3v) is 5.49. The lowest BCUT2D eigenvalue weighted by Crippen LogP contribution is -2.46. The molecule has 2 N–H and O–H groups in total. The van der Waals surface area contributed by atoms with Crippen LogP contribution in [0.3, 0.4) is 0 Å². The number of nitrogens with two attached hydrogens (primary N) is 1. The first-order valence-electron chi connectivity index (χ1n) is 7.22. The lowest BCUT2D eigenvalue weighted by molar-refractivity contribution is 0.382. The van der Waals surface area contributed by atoms with E-state index in [2.05, 4.69) is 30.7 Å². The molecule has 3 rings (SSSR count). The van der Waals surface area contributed by atoms with Gasteiger partial charge in [-0.3, -0.25) is 0 Å². The van der Waals surface area contributed by atoms with Gasteiger partial charge in [-0.05, 0) is 38.7 Å². The number of piperidine rings is 1. The van der Waals surface area contributed by atoms with Gasteiger partial charge in [0, 0.05) is 24.0 Å². The number of thiophene rings is 1. The Bertz CT molecular complexity index is 649. The van der Waals surface area contributed by atoms with E-state index in [0.29, 0.717) is 12.0 Å². The van der Waals surface area contributed by atoms with Gasteiger partial charge in [-0.15, -0.1) is 11.3 Å². The zero-order valence-electron chi connectivity index (χ0n) is 12.6. The monoisotopic (exact) mass is 290 g/mol. The molecule has 0 radical (unpaired) electrons. The average molecular weight is 290 g/mol. The molecule has 0 bridgehead atoms. The van der Waals surface area contributed by atoms with E-state index in [1.54, 1.807) is 11.3 Å². The van der Waals surface area contributed by atoms with Crippen LogP contribution in [0, 0.1) is 26.7 Å². The van der Waals surface area contributed by atoms with Gasteiger partial charge in [-0.25, -0.2) is 9.97 Å². The fourth-order valence-corrected chi connectivity index (χ4v) is 3.99. The van der Waals surface area contributed by atoms with Crippen molar-refractivity contribution in [3.05, 3.63) is 16.3 Å². The fraction of sp³-hybridized carbons (Fsp3) is 0.600. The van der Waals surface area contributed by atoms with E-state index in [4.69, 9.17) is 10.7 Å². The molecule has 20 heavy (non-hydrogen) atoms. The zero-order chi connectivity index (χ0) is 14.4. The van der Waals surface area contributed by atoms with Gasteiger partial charge in [0.05, 0.1) is 5.39 Å². The third kappa shape index (κ3) is 2.19. The van der Waals surface area contributed by atoms with E-state index in [1.165, 1.54) is 15.8 Å². The maximum absolute atomic E-state index is 6.14. The molecule has 2 atom stereocenters. The van der Waals surface area contributed by atoms with Gasteiger partial charge >= 0.3 is 0 Å². The second kappa shape index (κ2) is 4.97. The first-order valence-corrected chi connectivity index (χ1v) is 8.04. The number of hydrogen-bond acceptors (Lipinski definition) is 5. The van der Waals surface area contributed by atoms with Crippen LogP contribution in [-0.2, 0) is 0 Å².